The second-order valence-electron chi connectivity index (χ2n) is 8.84. The van der Waals surface area contributed by atoms with E-state index >= 15 is 0 Å². The van der Waals surface area contributed by atoms with E-state index in [2.05, 4.69) is 51.5 Å². The SMILES string of the molecule is Cc1cccc(CSCC(CO)Nc2cc[nH]c(=O)c2-c2nc3c(C)cc(-n4ccnc4)cc3[nH]2)c1. The molecule has 0 radical (unpaired) electrons. The van der Waals surface area contributed by atoms with Crippen LogP contribution in [-0.4, -0.2) is 48.0 Å². The maximum atomic E-state index is 12.9. The third-order valence-corrected chi connectivity index (χ3v) is 7.19. The highest BCUT2D eigenvalue weighted by atomic mass is 32.2. The zero-order chi connectivity index (χ0) is 25.1. The second kappa shape index (κ2) is 10.4. The van der Waals surface area contributed by atoms with E-state index in [0.29, 0.717) is 22.8 Å². The van der Waals surface area contributed by atoms with Crippen LogP contribution in [-0.2, 0) is 5.75 Å². The number of benzene rings is 2. The molecule has 0 aliphatic heterocycles. The molecular formula is C27H28N6O2S. The Bertz CT molecular complexity index is 1540. The lowest BCUT2D eigenvalue weighted by molar-refractivity contribution is 0.283. The number of aryl methyl sites for hydroxylation is 2. The molecule has 3 heterocycles. The molecule has 1 atom stereocenters. The molecule has 0 aliphatic carbocycles. The first kappa shape index (κ1) is 23.9. The normalized spacial score (nSPS) is 12.2. The van der Waals surface area contributed by atoms with Crippen molar-refractivity contribution in [2.24, 2.45) is 0 Å². The van der Waals surface area contributed by atoms with Crippen molar-refractivity contribution in [2.75, 3.05) is 17.7 Å². The van der Waals surface area contributed by atoms with Crippen molar-refractivity contribution in [3.63, 3.8) is 0 Å². The molecule has 5 aromatic rings. The molecule has 8 nitrogen and oxygen atoms in total. The third-order valence-electron chi connectivity index (χ3n) is 6.01. The van der Waals surface area contributed by atoms with Gasteiger partial charge in [-0.15, -0.1) is 0 Å². The molecule has 5 rings (SSSR count). The van der Waals surface area contributed by atoms with Gasteiger partial charge < -0.3 is 25.0 Å². The van der Waals surface area contributed by atoms with Gasteiger partial charge in [0.15, 0.2) is 0 Å². The highest BCUT2D eigenvalue weighted by Gasteiger charge is 2.18. The molecule has 0 fully saturated rings. The molecule has 0 saturated carbocycles. The van der Waals surface area contributed by atoms with Crippen LogP contribution in [0, 0.1) is 13.8 Å². The van der Waals surface area contributed by atoms with Crippen molar-refractivity contribution in [3.05, 3.63) is 94.4 Å². The Kier molecular flexibility index (Phi) is 6.92. The molecule has 0 bridgehead atoms. The number of thioether (sulfide) groups is 1. The van der Waals surface area contributed by atoms with Gasteiger partial charge in [-0.3, -0.25) is 4.79 Å². The van der Waals surface area contributed by atoms with Crippen LogP contribution >= 0.6 is 11.8 Å². The summed E-state index contributed by atoms with van der Waals surface area (Å²) in [5, 5.41) is 13.4. The predicted molar refractivity (Wildman–Crippen MR) is 146 cm³/mol. The smallest absolute Gasteiger partial charge is 0.261 e. The first-order valence-electron chi connectivity index (χ1n) is 11.7. The summed E-state index contributed by atoms with van der Waals surface area (Å²) in [6, 6.07) is 14.0. The molecule has 0 spiro atoms. The Hall–Kier alpha value is -3.82. The topological polar surface area (TPSA) is 112 Å². The van der Waals surface area contributed by atoms with Crippen LogP contribution in [0.5, 0.6) is 0 Å². The van der Waals surface area contributed by atoms with E-state index in [-0.39, 0.29) is 18.2 Å². The van der Waals surface area contributed by atoms with Crippen LogP contribution in [0.1, 0.15) is 16.7 Å². The van der Waals surface area contributed by atoms with Crippen molar-refractivity contribution in [2.45, 2.75) is 25.6 Å². The summed E-state index contributed by atoms with van der Waals surface area (Å²) >= 11 is 1.74. The highest BCUT2D eigenvalue weighted by molar-refractivity contribution is 7.98. The van der Waals surface area contributed by atoms with Crippen LogP contribution in [0.3, 0.4) is 0 Å². The van der Waals surface area contributed by atoms with Gasteiger partial charge in [0.1, 0.15) is 11.4 Å². The van der Waals surface area contributed by atoms with Gasteiger partial charge >= 0.3 is 0 Å². The number of anilines is 1. The van der Waals surface area contributed by atoms with E-state index in [4.69, 9.17) is 4.98 Å². The molecule has 0 saturated heterocycles. The summed E-state index contributed by atoms with van der Waals surface area (Å²) in [6.07, 6.45) is 6.96. The Morgan fingerprint density at radius 1 is 1.19 bits per heavy atom. The minimum Gasteiger partial charge on any atom is -0.394 e. The van der Waals surface area contributed by atoms with Crippen molar-refractivity contribution in [1.82, 2.24) is 24.5 Å². The number of nitrogens with zero attached hydrogens (tertiary/aromatic N) is 3. The van der Waals surface area contributed by atoms with E-state index in [1.165, 1.54) is 11.1 Å². The number of hydrogen-bond acceptors (Lipinski definition) is 6. The quantitative estimate of drug-likeness (QED) is 0.238. The summed E-state index contributed by atoms with van der Waals surface area (Å²) in [7, 11) is 0. The fraction of sp³-hybridized carbons (Fsp3) is 0.222. The average Bonchev–Trinajstić information content (AvgIpc) is 3.54. The van der Waals surface area contributed by atoms with Crippen molar-refractivity contribution >= 4 is 28.5 Å². The number of pyridine rings is 1. The summed E-state index contributed by atoms with van der Waals surface area (Å²) in [5.74, 6) is 2.01. The first-order valence-corrected chi connectivity index (χ1v) is 12.9. The van der Waals surface area contributed by atoms with E-state index < -0.39 is 0 Å². The summed E-state index contributed by atoms with van der Waals surface area (Å²) in [6.45, 7) is 4.02. The molecule has 0 aliphatic rings. The van der Waals surface area contributed by atoms with Gasteiger partial charge in [0.05, 0.1) is 35.7 Å². The van der Waals surface area contributed by atoms with Gasteiger partial charge in [-0.05, 0) is 43.2 Å². The zero-order valence-electron chi connectivity index (χ0n) is 20.2. The Morgan fingerprint density at radius 2 is 2.08 bits per heavy atom. The van der Waals surface area contributed by atoms with Gasteiger partial charge in [0.2, 0.25) is 0 Å². The molecule has 2 aromatic carbocycles. The maximum absolute atomic E-state index is 12.9. The lowest BCUT2D eigenvalue weighted by Crippen LogP contribution is -2.28. The van der Waals surface area contributed by atoms with Gasteiger partial charge in [0, 0.05) is 35.8 Å². The fourth-order valence-electron chi connectivity index (χ4n) is 4.27. The van der Waals surface area contributed by atoms with Crippen LogP contribution in [0.25, 0.3) is 28.1 Å². The standard InChI is InChI=1S/C27H28N6O2S/c1-17-4-3-5-19(10-17)14-36-15-20(13-34)30-22-6-7-29-27(35)24(22)26-31-23-12-21(33-9-8-28-16-33)11-18(2)25(23)32-26/h3-12,16,20,34H,13-15H2,1-2H3,(H,31,32)(H2,29,30,35). The Labute approximate surface area is 212 Å². The third kappa shape index (κ3) is 5.07. The molecule has 9 heteroatoms. The second-order valence-corrected chi connectivity index (χ2v) is 9.87. The molecule has 4 N–H and O–H groups in total. The summed E-state index contributed by atoms with van der Waals surface area (Å²) < 4.78 is 1.93. The number of rotatable bonds is 9. The number of imidazole rings is 2. The number of aromatic amines is 2. The van der Waals surface area contributed by atoms with Crippen LogP contribution in [0.15, 0.2) is 72.2 Å². The first-order chi connectivity index (χ1) is 17.5. The largest absolute Gasteiger partial charge is 0.394 e. The van der Waals surface area contributed by atoms with Crippen molar-refractivity contribution < 1.29 is 5.11 Å². The number of aliphatic hydroxyl groups excluding tert-OH is 1. The number of aliphatic hydroxyl groups is 1. The lowest BCUT2D eigenvalue weighted by atomic mass is 10.2. The number of H-pyrrole nitrogens is 2. The summed E-state index contributed by atoms with van der Waals surface area (Å²) in [5.41, 5.74) is 6.85. The Balaban J connectivity index is 1.40. The maximum Gasteiger partial charge on any atom is 0.261 e. The van der Waals surface area contributed by atoms with Crippen LogP contribution < -0.4 is 10.9 Å². The predicted octanol–water partition coefficient (Wildman–Crippen LogP) is 4.43. The lowest BCUT2D eigenvalue weighted by Gasteiger charge is -2.19. The van der Waals surface area contributed by atoms with Gasteiger partial charge in [-0.2, -0.15) is 11.8 Å². The van der Waals surface area contributed by atoms with Crippen molar-refractivity contribution in [3.8, 4) is 17.1 Å². The van der Waals surface area contributed by atoms with Crippen LogP contribution in [0.2, 0.25) is 0 Å². The van der Waals surface area contributed by atoms with E-state index in [0.717, 1.165) is 28.0 Å². The van der Waals surface area contributed by atoms with E-state index in [1.54, 1.807) is 30.5 Å². The molecular weight excluding hydrogens is 472 g/mol. The summed E-state index contributed by atoms with van der Waals surface area (Å²) in [4.78, 5) is 27.9. The van der Waals surface area contributed by atoms with Gasteiger partial charge in [-0.1, -0.05) is 29.8 Å². The van der Waals surface area contributed by atoms with E-state index in [1.807, 2.05) is 35.9 Å². The molecule has 3 aromatic heterocycles. The monoisotopic (exact) mass is 500 g/mol. The minimum atomic E-state index is -0.254. The van der Waals surface area contributed by atoms with Gasteiger partial charge in [-0.25, -0.2) is 9.97 Å². The van der Waals surface area contributed by atoms with Crippen LogP contribution in [0.4, 0.5) is 5.69 Å². The van der Waals surface area contributed by atoms with Gasteiger partial charge in [0.25, 0.3) is 5.56 Å². The highest BCUT2D eigenvalue weighted by Crippen LogP contribution is 2.28. The fourth-order valence-corrected chi connectivity index (χ4v) is 5.27. The molecule has 184 valence electrons. The number of fused-ring (bicyclic) bond motifs is 1. The number of aromatic nitrogens is 5. The molecule has 36 heavy (non-hydrogen) atoms. The number of nitrogens with one attached hydrogen (secondary N) is 3. The number of hydrogen-bond donors (Lipinski definition) is 4. The molecule has 0 amide bonds. The average molecular weight is 501 g/mol. The minimum absolute atomic E-state index is 0.0550. The molecule has 1 unspecified atom stereocenters. The van der Waals surface area contributed by atoms with E-state index in [9.17, 15) is 9.90 Å². The Morgan fingerprint density at radius 3 is 2.86 bits per heavy atom. The zero-order valence-corrected chi connectivity index (χ0v) is 21.0. The van der Waals surface area contributed by atoms with Crippen molar-refractivity contribution in [1.29, 1.82) is 0 Å².